The number of rotatable bonds is 16. The molecule has 2 rings (SSSR count). The zero-order chi connectivity index (χ0) is 21.5. The molecule has 2 aliphatic rings. The zero-order valence-electron chi connectivity index (χ0n) is 20.9. The minimum atomic E-state index is 0.165. The molecule has 30 heavy (non-hydrogen) atoms. The highest BCUT2D eigenvalue weighted by molar-refractivity contribution is 4.93. The Kier molecular flexibility index (Phi) is 13.6. The quantitative estimate of drug-likeness (QED) is 0.252. The highest BCUT2D eigenvalue weighted by Crippen LogP contribution is 2.31. The number of likely N-dealkylation sites (tertiary alicyclic amines) is 1. The Morgan fingerprint density at radius 3 is 2.03 bits per heavy atom. The van der Waals surface area contributed by atoms with Crippen LogP contribution in [0.2, 0.25) is 0 Å². The van der Waals surface area contributed by atoms with E-state index in [2.05, 4.69) is 30.6 Å². The molecule has 0 aromatic carbocycles. The van der Waals surface area contributed by atoms with Crippen LogP contribution in [-0.4, -0.2) is 61.3 Å². The molecule has 0 aromatic heterocycles. The molecule has 0 bridgehead atoms. The summed E-state index contributed by atoms with van der Waals surface area (Å²) in [5, 5.41) is 0. The first-order valence-electron chi connectivity index (χ1n) is 13.8. The minimum Gasteiger partial charge on any atom is -0.372 e. The van der Waals surface area contributed by atoms with Crippen LogP contribution in [-0.2, 0) is 4.74 Å². The molecule has 1 spiro atoms. The van der Waals surface area contributed by atoms with Crippen LogP contribution in [0.5, 0.6) is 0 Å². The third kappa shape index (κ3) is 10.0. The van der Waals surface area contributed by atoms with Gasteiger partial charge in [-0.25, -0.2) is 0 Å². The van der Waals surface area contributed by atoms with Crippen LogP contribution in [0.25, 0.3) is 0 Å². The molecule has 2 fully saturated rings. The molecular weight excluding hydrogens is 368 g/mol. The molecule has 1 atom stereocenters. The number of piperidine rings is 1. The number of unbranched alkanes of at least 4 members (excludes halogenated alkanes) is 9. The van der Waals surface area contributed by atoms with Crippen molar-refractivity contribution in [1.82, 2.24) is 9.80 Å². The lowest BCUT2D eigenvalue weighted by atomic mass is 9.88. The van der Waals surface area contributed by atoms with Crippen molar-refractivity contribution in [3.05, 3.63) is 0 Å². The maximum Gasteiger partial charge on any atom is 0.0833 e. The Bertz CT molecular complexity index is 406. The molecule has 0 radical (unpaired) electrons. The van der Waals surface area contributed by atoms with Gasteiger partial charge in [0.05, 0.1) is 12.2 Å². The summed E-state index contributed by atoms with van der Waals surface area (Å²) in [6.45, 7) is 15.4. The van der Waals surface area contributed by atoms with E-state index in [0.29, 0.717) is 0 Å². The van der Waals surface area contributed by atoms with Gasteiger partial charge in [0.1, 0.15) is 0 Å². The van der Waals surface area contributed by atoms with Crippen molar-refractivity contribution in [2.24, 2.45) is 5.92 Å². The van der Waals surface area contributed by atoms with E-state index in [-0.39, 0.29) is 5.60 Å². The van der Waals surface area contributed by atoms with Crippen molar-refractivity contribution in [3.8, 4) is 0 Å². The van der Waals surface area contributed by atoms with E-state index in [1.165, 1.54) is 129 Å². The fourth-order valence-electron chi connectivity index (χ4n) is 5.50. The van der Waals surface area contributed by atoms with E-state index in [1.54, 1.807) is 0 Å². The lowest BCUT2D eigenvalue weighted by molar-refractivity contribution is -0.136. The van der Waals surface area contributed by atoms with Crippen LogP contribution >= 0.6 is 0 Å². The molecule has 0 amide bonds. The first-order chi connectivity index (χ1) is 14.7. The summed E-state index contributed by atoms with van der Waals surface area (Å²) in [5.41, 5.74) is 0.165. The number of morpholine rings is 1. The molecule has 0 N–H and O–H groups in total. The van der Waals surface area contributed by atoms with Gasteiger partial charge in [-0.2, -0.15) is 0 Å². The van der Waals surface area contributed by atoms with Gasteiger partial charge in [-0.15, -0.1) is 0 Å². The fourth-order valence-corrected chi connectivity index (χ4v) is 5.50. The first-order valence-corrected chi connectivity index (χ1v) is 13.8. The molecule has 3 heteroatoms. The lowest BCUT2D eigenvalue weighted by Crippen LogP contribution is -2.57. The predicted octanol–water partition coefficient (Wildman–Crippen LogP) is 6.90. The maximum atomic E-state index is 6.41. The fraction of sp³-hybridized carbons (Fsp3) is 1.00. The van der Waals surface area contributed by atoms with Crippen LogP contribution < -0.4 is 0 Å². The molecule has 3 nitrogen and oxygen atoms in total. The average Bonchev–Trinajstić information content (AvgIpc) is 2.77. The third-order valence-electron chi connectivity index (χ3n) is 7.73. The Morgan fingerprint density at radius 1 is 0.733 bits per heavy atom. The Morgan fingerprint density at radius 2 is 1.37 bits per heavy atom. The normalized spacial score (nSPS) is 21.3. The summed E-state index contributed by atoms with van der Waals surface area (Å²) in [4.78, 5) is 5.46. The third-order valence-corrected chi connectivity index (χ3v) is 7.73. The molecule has 1 unspecified atom stereocenters. The smallest absolute Gasteiger partial charge is 0.0833 e. The van der Waals surface area contributed by atoms with Gasteiger partial charge < -0.3 is 9.64 Å². The summed E-state index contributed by atoms with van der Waals surface area (Å²) in [7, 11) is 0. The molecule has 178 valence electrons. The molecule has 2 saturated heterocycles. The van der Waals surface area contributed by atoms with Gasteiger partial charge in [0, 0.05) is 32.7 Å². The number of hydrogen-bond acceptors (Lipinski definition) is 3. The minimum absolute atomic E-state index is 0.165. The summed E-state index contributed by atoms with van der Waals surface area (Å²) in [6, 6.07) is 0. The van der Waals surface area contributed by atoms with Crippen molar-refractivity contribution < 1.29 is 4.74 Å². The van der Waals surface area contributed by atoms with Gasteiger partial charge in [-0.05, 0) is 38.1 Å². The van der Waals surface area contributed by atoms with Crippen molar-refractivity contribution in [1.29, 1.82) is 0 Å². The van der Waals surface area contributed by atoms with Gasteiger partial charge in [0.25, 0.3) is 0 Å². The average molecular weight is 423 g/mol. The largest absolute Gasteiger partial charge is 0.372 e. The van der Waals surface area contributed by atoms with Crippen molar-refractivity contribution >= 4 is 0 Å². The molecule has 2 heterocycles. The van der Waals surface area contributed by atoms with Crippen LogP contribution in [0.15, 0.2) is 0 Å². The van der Waals surface area contributed by atoms with Crippen LogP contribution in [0.1, 0.15) is 117 Å². The highest BCUT2D eigenvalue weighted by Gasteiger charge is 2.39. The second-order valence-electron chi connectivity index (χ2n) is 10.4. The van der Waals surface area contributed by atoms with Crippen LogP contribution in [0, 0.1) is 5.92 Å². The second-order valence-corrected chi connectivity index (χ2v) is 10.4. The van der Waals surface area contributed by atoms with Gasteiger partial charge in [-0.3, -0.25) is 4.90 Å². The summed E-state index contributed by atoms with van der Waals surface area (Å²) in [6.07, 6.45) is 20.8. The van der Waals surface area contributed by atoms with Crippen molar-refractivity contribution in [2.75, 3.05) is 45.9 Å². The molecule has 0 saturated carbocycles. The van der Waals surface area contributed by atoms with E-state index in [9.17, 15) is 0 Å². The highest BCUT2D eigenvalue weighted by atomic mass is 16.5. The molecule has 2 aliphatic heterocycles. The number of ether oxygens (including phenoxy) is 1. The van der Waals surface area contributed by atoms with Crippen molar-refractivity contribution in [3.63, 3.8) is 0 Å². The first kappa shape index (κ1) is 26.1. The topological polar surface area (TPSA) is 15.7 Å². The standard InChI is InChI=1S/C27H54N2O/c1-4-7-9-11-12-13-15-19-29-22-23-30-27(25-29)17-20-28(21-18-27)24-26(6-3)16-14-10-8-5-2/h26H,4-25H2,1-3H3. The molecule has 0 aliphatic carbocycles. The number of nitrogens with zero attached hydrogens (tertiary/aromatic N) is 2. The molecular formula is C27H54N2O. The van der Waals surface area contributed by atoms with E-state index in [1.807, 2.05) is 0 Å². The van der Waals surface area contributed by atoms with Crippen LogP contribution in [0.3, 0.4) is 0 Å². The van der Waals surface area contributed by atoms with Gasteiger partial charge in [0.15, 0.2) is 0 Å². The Balaban J connectivity index is 1.62. The van der Waals surface area contributed by atoms with Crippen LogP contribution in [0.4, 0.5) is 0 Å². The zero-order valence-corrected chi connectivity index (χ0v) is 20.9. The van der Waals surface area contributed by atoms with Crippen molar-refractivity contribution in [2.45, 2.75) is 123 Å². The van der Waals surface area contributed by atoms with E-state index in [0.717, 1.165) is 19.1 Å². The predicted molar refractivity (Wildman–Crippen MR) is 131 cm³/mol. The van der Waals surface area contributed by atoms with E-state index in [4.69, 9.17) is 4.74 Å². The van der Waals surface area contributed by atoms with E-state index >= 15 is 0 Å². The molecule has 0 aromatic rings. The number of hydrogen-bond donors (Lipinski definition) is 0. The maximum absolute atomic E-state index is 6.41. The lowest BCUT2D eigenvalue weighted by Gasteiger charge is -2.48. The summed E-state index contributed by atoms with van der Waals surface area (Å²) < 4.78 is 6.41. The second kappa shape index (κ2) is 15.6. The Hall–Kier alpha value is -0.120. The monoisotopic (exact) mass is 422 g/mol. The summed E-state index contributed by atoms with van der Waals surface area (Å²) in [5.74, 6) is 0.900. The Labute approximate surface area is 189 Å². The van der Waals surface area contributed by atoms with Gasteiger partial charge in [-0.1, -0.05) is 91.4 Å². The SMILES string of the molecule is CCCCCCCCCN1CCOC2(CCN(CC(CC)CCCCCC)CC2)C1. The van der Waals surface area contributed by atoms with Gasteiger partial charge in [0.2, 0.25) is 0 Å². The van der Waals surface area contributed by atoms with Gasteiger partial charge >= 0.3 is 0 Å². The summed E-state index contributed by atoms with van der Waals surface area (Å²) >= 11 is 0. The van der Waals surface area contributed by atoms with E-state index < -0.39 is 0 Å².